The van der Waals surface area contributed by atoms with E-state index in [1.165, 1.54) is 6.07 Å². The zero-order chi connectivity index (χ0) is 14.9. The van der Waals surface area contributed by atoms with Crippen molar-refractivity contribution in [1.82, 2.24) is 5.32 Å². The SMILES string of the molecule is CNC(c1cc(Cl)ccc1C)c1ccc(F)c(F)c1F. The number of nitrogens with one attached hydrogen (secondary N) is 1. The summed E-state index contributed by atoms with van der Waals surface area (Å²) in [6.07, 6.45) is 0. The third-order valence-corrected chi connectivity index (χ3v) is 3.45. The van der Waals surface area contributed by atoms with Gasteiger partial charge in [-0.25, -0.2) is 13.2 Å². The van der Waals surface area contributed by atoms with Gasteiger partial charge in [0.05, 0.1) is 6.04 Å². The van der Waals surface area contributed by atoms with Gasteiger partial charge in [-0.3, -0.25) is 0 Å². The van der Waals surface area contributed by atoms with Gasteiger partial charge in [0.1, 0.15) is 0 Å². The van der Waals surface area contributed by atoms with Crippen molar-refractivity contribution in [2.75, 3.05) is 7.05 Å². The summed E-state index contributed by atoms with van der Waals surface area (Å²) < 4.78 is 40.3. The molecular weight excluding hydrogens is 287 g/mol. The lowest BCUT2D eigenvalue weighted by molar-refractivity contribution is 0.435. The Kier molecular flexibility index (Phi) is 4.35. The molecule has 0 aromatic heterocycles. The van der Waals surface area contributed by atoms with Crippen LogP contribution in [0.15, 0.2) is 30.3 Å². The highest BCUT2D eigenvalue weighted by atomic mass is 35.5. The Labute approximate surface area is 120 Å². The van der Waals surface area contributed by atoms with Crippen molar-refractivity contribution >= 4 is 11.6 Å². The lowest BCUT2D eigenvalue weighted by Gasteiger charge is -2.20. The van der Waals surface area contributed by atoms with Crippen LogP contribution in [0.5, 0.6) is 0 Å². The van der Waals surface area contributed by atoms with Crippen molar-refractivity contribution in [3.63, 3.8) is 0 Å². The summed E-state index contributed by atoms with van der Waals surface area (Å²) in [6, 6.07) is 6.73. The first-order chi connectivity index (χ1) is 9.45. The van der Waals surface area contributed by atoms with Crippen LogP contribution >= 0.6 is 11.6 Å². The second kappa shape index (κ2) is 5.85. The van der Waals surface area contributed by atoms with Gasteiger partial charge < -0.3 is 5.32 Å². The first-order valence-corrected chi connectivity index (χ1v) is 6.40. The van der Waals surface area contributed by atoms with Gasteiger partial charge in [0, 0.05) is 10.6 Å². The van der Waals surface area contributed by atoms with Crippen LogP contribution in [0.1, 0.15) is 22.7 Å². The molecule has 1 atom stereocenters. The van der Waals surface area contributed by atoms with E-state index in [0.29, 0.717) is 10.6 Å². The maximum atomic E-state index is 13.9. The van der Waals surface area contributed by atoms with E-state index in [2.05, 4.69) is 5.32 Å². The fourth-order valence-electron chi connectivity index (χ4n) is 2.16. The van der Waals surface area contributed by atoms with Crippen molar-refractivity contribution in [2.45, 2.75) is 13.0 Å². The smallest absolute Gasteiger partial charge is 0.194 e. The molecule has 5 heteroatoms. The molecular formula is C15H13ClF3N. The maximum Gasteiger partial charge on any atom is 0.194 e. The van der Waals surface area contributed by atoms with Crippen molar-refractivity contribution in [3.8, 4) is 0 Å². The molecule has 0 amide bonds. The molecule has 0 aliphatic carbocycles. The van der Waals surface area contributed by atoms with E-state index in [9.17, 15) is 13.2 Å². The molecule has 2 rings (SSSR count). The highest BCUT2D eigenvalue weighted by Crippen LogP contribution is 2.30. The van der Waals surface area contributed by atoms with Crippen LogP contribution in [0.2, 0.25) is 5.02 Å². The summed E-state index contributed by atoms with van der Waals surface area (Å²) in [5.41, 5.74) is 1.62. The molecule has 0 aliphatic heterocycles. The Hall–Kier alpha value is -1.52. The fourth-order valence-corrected chi connectivity index (χ4v) is 2.35. The number of aryl methyl sites for hydroxylation is 1. The lowest BCUT2D eigenvalue weighted by Crippen LogP contribution is -2.20. The number of hydrogen-bond donors (Lipinski definition) is 1. The quantitative estimate of drug-likeness (QED) is 0.830. The molecule has 1 unspecified atom stereocenters. The summed E-state index contributed by atoms with van der Waals surface area (Å²) in [5.74, 6) is -3.87. The van der Waals surface area contributed by atoms with E-state index in [1.54, 1.807) is 25.2 Å². The number of halogens is 4. The van der Waals surface area contributed by atoms with E-state index in [0.717, 1.165) is 11.6 Å². The molecule has 1 nitrogen and oxygen atoms in total. The summed E-state index contributed by atoms with van der Waals surface area (Å²) >= 11 is 5.95. The third-order valence-electron chi connectivity index (χ3n) is 3.22. The minimum absolute atomic E-state index is 0.0387. The van der Waals surface area contributed by atoms with Gasteiger partial charge in [0.15, 0.2) is 17.5 Å². The van der Waals surface area contributed by atoms with E-state index in [-0.39, 0.29) is 5.56 Å². The Morgan fingerprint density at radius 3 is 2.35 bits per heavy atom. The molecule has 0 saturated carbocycles. The molecule has 0 bridgehead atoms. The average molecular weight is 300 g/mol. The lowest BCUT2D eigenvalue weighted by atomic mass is 9.94. The van der Waals surface area contributed by atoms with Crippen LogP contribution in [0, 0.1) is 24.4 Å². The molecule has 2 aromatic rings. The number of hydrogen-bond acceptors (Lipinski definition) is 1. The zero-order valence-corrected chi connectivity index (χ0v) is 11.7. The van der Waals surface area contributed by atoms with Gasteiger partial charge in [-0.15, -0.1) is 0 Å². The largest absolute Gasteiger partial charge is 0.309 e. The first-order valence-electron chi connectivity index (χ1n) is 6.02. The molecule has 2 aromatic carbocycles. The Morgan fingerprint density at radius 1 is 1.00 bits per heavy atom. The predicted molar refractivity (Wildman–Crippen MR) is 73.4 cm³/mol. The summed E-state index contributed by atoms with van der Waals surface area (Å²) in [7, 11) is 1.62. The van der Waals surface area contributed by atoms with E-state index < -0.39 is 23.5 Å². The minimum atomic E-state index is -1.47. The second-order valence-electron chi connectivity index (χ2n) is 4.49. The van der Waals surface area contributed by atoms with Gasteiger partial charge in [-0.2, -0.15) is 0 Å². The van der Waals surface area contributed by atoms with Crippen LogP contribution in [0.25, 0.3) is 0 Å². The fraction of sp³-hybridized carbons (Fsp3) is 0.200. The van der Waals surface area contributed by atoms with Gasteiger partial charge in [0.2, 0.25) is 0 Å². The van der Waals surface area contributed by atoms with Crippen LogP contribution in [0.4, 0.5) is 13.2 Å². The first kappa shape index (κ1) is 14.9. The van der Waals surface area contributed by atoms with Gasteiger partial charge in [-0.1, -0.05) is 23.7 Å². The average Bonchev–Trinajstić information content (AvgIpc) is 2.43. The van der Waals surface area contributed by atoms with Crippen molar-refractivity contribution in [2.24, 2.45) is 0 Å². The molecule has 106 valence electrons. The van der Waals surface area contributed by atoms with Crippen LogP contribution in [-0.4, -0.2) is 7.05 Å². The Balaban J connectivity index is 2.58. The van der Waals surface area contributed by atoms with E-state index in [1.807, 2.05) is 6.92 Å². The minimum Gasteiger partial charge on any atom is -0.309 e. The molecule has 0 saturated heterocycles. The highest BCUT2D eigenvalue weighted by molar-refractivity contribution is 6.30. The second-order valence-corrected chi connectivity index (χ2v) is 4.92. The zero-order valence-electron chi connectivity index (χ0n) is 11.0. The van der Waals surface area contributed by atoms with Gasteiger partial charge in [0.25, 0.3) is 0 Å². The normalized spacial score (nSPS) is 12.5. The number of benzene rings is 2. The molecule has 1 N–H and O–H groups in total. The third kappa shape index (κ3) is 2.67. The van der Waals surface area contributed by atoms with E-state index >= 15 is 0 Å². The molecule has 0 fully saturated rings. The van der Waals surface area contributed by atoms with Crippen molar-refractivity contribution in [3.05, 3.63) is 69.5 Å². The molecule has 20 heavy (non-hydrogen) atoms. The topological polar surface area (TPSA) is 12.0 Å². The summed E-state index contributed by atoms with van der Waals surface area (Å²) in [6.45, 7) is 1.84. The number of rotatable bonds is 3. The van der Waals surface area contributed by atoms with E-state index in [4.69, 9.17) is 11.6 Å². The predicted octanol–water partition coefficient (Wildman–Crippen LogP) is 4.37. The molecule has 0 spiro atoms. The molecule has 0 aliphatic rings. The van der Waals surface area contributed by atoms with Crippen LogP contribution in [0.3, 0.4) is 0 Å². The maximum absolute atomic E-state index is 13.9. The van der Waals surface area contributed by atoms with Crippen molar-refractivity contribution in [1.29, 1.82) is 0 Å². The standard InChI is InChI=1S/C15H13ClF3N/c1-8-3-4-9(16)7-11(8)15(20-2)10-5-6-12(17)14(19)13(10)18/h3-7,15,20H,1-2H3. The van der Waals surface area contributed by atoms with Gasteiger partial charge in [-0.05, 0) is 43.3 Å². The van der Waals surface area contributed by atoms with Crippen molar-refractivity contribution < 1.29 is 13.2 Å². The summed E-state index contributed by atoms with van der Waals surface area (Å²) in [5, 5.41) is 3.40. The molecule has 0 heterocycles. The summed E-state index contributed by atoms with van der Waals surface area (Å²) in [4.78, 5) is 0. The Bertz CT molecular complexity index is 643. The van der Waals surface area contributed by atoms with Gasteiger partial charge >= 0.3 is 0 Å². The molecule has 0 radical (unpaired) electrons. The van der Waals surface area contributed by atoms with Crippen LogP contribution in [-0.2, 0) is 0 Å². The van der Waals surface area contributed by atoms with Crippen LogP contribution < -0.4 is 5.32 Å². The monoisotopic (exact) mass is 299 g/mol. The highest BCUT2D eigenvalue weighted by Gasteiger charge is 2.22. The Morgan fingerprint density at radius 2 is 1.70 bits per heavy atom.